The van der Waals surface area contributed by atoms with Crippen LogP contribution in [-0.2, 0) is 0 Å². The molecule has 0 atom stereocenters. The van der Waals surface area contributed by atoms with Crippen molar-refractivity contribution in [2.45, 2.75) is 0 Å². The van der Waals surface area contributed by atoms with Crippen LogP contribution in [-0.4, -0.2) is 13.2 Å². The van der Waals surface area contributed by atoms with Gasteiger partial charge in [-0.3, -0.25) is 0 Å². The summed E-state index contributed by atoms with van der Waals surface area (Å²) in [6.45, 7) is 0.862. The molecule has 2 rings (SSSR count). The van der Waals surface area contributed by atoms with Crippen LogP contribution in [0.1, 0.15) is 0 Å². The molecule has 4 heteroatoms. The van der Waals surface area contributed by atoms with Gasteiger partial charge < -0.3 is 9.47 Å². The van der Waals surface area contributed by atoms with E-state index in [1.165, 1.54) is 12.1 Å². The van der Waals surface area contributed by atoms with Crippen molar-refractivity contribution in [3.05, 3.63) is 58.8 Å². The highest BCUT2D eigenvalue weighted by Crippen LogP contribution is 2.16. The van der Waals surface area contributed by atoms with Gasteiger partial charge in [0.2, 0.25) is 0 Å². The summed E-state index contributed by atoms with van der Waals surface area (Å²) in [5, 5.41) is 0. The summed E-state index contributed by atoms with van der Waals surface area (Å²) in [5.74, 6) is 1.16. The van der Waals surface area contributed by atoms with Crippen molar-refractivity contribution in [3.8, 4) is 11.5 Å². The van der Waals surface area contributed by atoms with Crippen LogP contribution in [0.15, 0.2) is 53.0 Å². The summed E-state index contributed by atoms with van der Waals surface area (Å²) < 4.78 is 24.5. The molecule has 2 aromatic carbocycles. The molecule has 0 aliphatic carbocycles. The summed E-state index contributed by atoms with van der Waals surface area (Å²) in [6, 6.07) is 13.5. The first-order chi connectivity index (χ1) is 8.74. The van der Waals surface area contributed by atoms with Gasteiger partial charge in [-0.15, -0.1) is 0 Å². The van der Waals surface area contributed by atoms with Crippen molar-refractivity contribution in [2.24, 2.45) is 0 Å². The standard InChI is InChI=1S/C14H12BrFO2/c15-11-1-5-13(6-2-11)17-9-10-18-14-7-3-12(16)4-8-14/h1-8H,9-10H2. The molecule has 0 radical (unpaired) electrons. The maximum atomic E-state index is 12.6. The van der Waals surface area contributed by atoms with Gasteiger partial charge in [0.05, 0.1) is 0 Å². The zero-order valence-corrected chi connectivity index (χ0v) is 11.2. The fourth-order valence-electron chi connectivity index (χ4n) is 1.38. The van der Waals surface area contributed by atoms with Gasteiger partial charge in [-0.2, -0.15) is 0 Å². The second-order valence-electron chi connectivity index (χ2n) is 3.60. The Bertz CT molecular complexity index is 435. The number of hydrogen-bond donors (Lipinski definition) is 0. The molecule has 0 saturated heterocycles. The van der Waals surface area contributed by atoms with Gasteiger partial charge in [-0.25, -0.2) is 4.39 Å². The van der Waals surface area contributed by atoms with E-state index in [4.69, 9.17) is 9.47 Å². The van der Waals surface area contributed by atoms with Gasteiger partial charge in [0.15, 0.2) is 0 Å². The first-order valence-corrected chi connectivity index (χ1v) is 6.30. The van der Waals surface area contributed by atoms with Crippen molar-refractivity contribution in [2.75, 3.05) is 13.2 Å². The highest BCUT2D eigenvalue weighted by molar-refractivity contribution is 9.10. The van der Waals surface area contributed by atoms with Gasteiger partial charge in [0.1, 0.15) is 30.5 Å². The Hall–Kier alpha value is -1.55. The number of halogens is 2. The Labute approximate surface area is 113 Å². The molecule has 0 N–H and O–H groups in total. The maximum Gasteiger partial charge on any atom is 0.123 e. The van der Waals surface area contributed by atoms with E-state index in [-0.39, 0.29) is 5.82 Å². The molecule has 0 fully saturated rings. The Morgan fingerprint density at radius 3 is 1.72 bits per heavy atom. The number of hydrogen-bond acceptors (Lipinski definition) is 2. The van der Waals surface area contributed by atoms with E-state index in [0.717, 1.165) is 10.2 Å². The second kappa shape index (κ2) is 6.40. The predicted octanol–water partition coefficient (Wildman–Crippen LogP) is 4.05. The zero-order chi connectivity index (χ0) is 12.8. The van der Waals surface area contributed by atoms with Crippen LogP contribution in [0.3, 0.4) is 0 Å². The Morgan fingerprint density at radius 1 is 0.778 bits per heavy atom. The van der Waals surface area contributed by atoms with Crippen LogP contribution < -0.4 is 9.47 Å². The molecule has 18 heavy (non-hydrogen) atoms. The summed E-state index contributed by atoms with van der Waals surface area (Å²) in [4.78, 5) is 0. The van der Waals surface area contributed by atoms with Crippen molar-refractivity contribution < 1.29 is 13.9 Å². The minimum atomic E-state index is -0.270. The third-order valence-electron chi connectivity index (χ3n) is 2.25. The summed E-state index contributed by atoms with van der Waals surface area (Å²) >= 11 is 3.35. The van der Waals surface area contributed by atoms with Gasteiger partial charge in [-0.05, 0) is 48.5 Å². The normalized spacial score (nSPS) is 10.1. The third-order valence-corrected chi connectivity index (χ3v) is 2.78. The van der Waals surface area contributed by atoms with E-state index in [1.807, 2.05) is 24.3 Å². The van der Waals surface area contributed by atoms with Crippen molar-refractivity contribution in [3.63, 3.8) is 0 Å². The molecular formula is C14H12BrFO2. The van der Waals surface area contributed by atoms with Gasteiger partial charge in [-0.1, -0.05) is 15.9 Å². The Kier molecular flexibility index (Phi) is 4.59. The van der Waals surface area contributed by atoms with E-state index < -0.39 is 0 Å². The molecule has 0 amide bonds. The van der Waals surface area contributed by atoms with Gasteiger partial charge >= 0.3 is 0 Å². The maximum absolute atomic E-state index is 12.6. The quantitative estimate of drug-likeness (QED) is 0.776. The zero-order valence-electron chi connectivity index (χ0n) is 9.61. The molecule has 0 unspecified atom stereocenters. The van der Waals surface area contributed by atoms with Crippen LogP contribution in [0.2, 0.25) is 0 Å². The lowest BCUT2D eigenvalue weighted by atomic mass is 10.3. The van der Waals surface area contributed by atoms with E-state index >= 15 is 0 Å². The molecule has 94 valence electrons. The minimum Gasteiger partial charge on any atom is -0.490 e. The fraction of sp³-hybridized carbons (Fsp3) is 0.143. The van der Waals surface area contributed by atoms with E-state index in [2.05, 4.69) is 15.9 Å². The average molecular weight is 311 g/mol. The molecule has 0 bridgehead atoms. The largest absolute Gasteiger partial charge is 0.490 e. The molecule has 0 spiro atoms. The molecule has 0 heterocycles. The second-order valence-corrected chi connectivity index (χ2v) is 4.52. The van der Waals surface area contributed by atoms with E-state index in [0.29, 0.717) is 19.0 Å². The van der Waals surface area contributed by atoms with Crippen LogP contribution in [0.4, 0.5) is 4.39 Å². The summed E-state index contributed by atoms with van der Waals surface area (Å²) in [5.41, 5.74) is 0. The lowest BCUT2D eigenvalue weighted by Gasteiger charge is -2.08. The first kappa shape index (κ1) is 12.9. The molecular weight excluding hydrogens is 299 g/mol. The van der Waals surface area contributed by atoms with E-state index in [9.17, 15) is 4.39 Å². The number of benzene rings is 2. The summed E-state index contributed by atoms with van der Waals surface area (Å²) in [6.07, 6.45) is 0. The van der Waals surface area contributed by atoms with E-state index in [1.54, 1.807) is 12.1 Å². The fourth-order valence-corrected chi connectivity index (χ4v) is 1.65. The average Bonchev–Trinajstić information content (AvgIpc) is 2.39. The Morgan fingerprint density at radius 2 is 1.22 bits per heavy atom. The number of ether oxygens (including phenoxy) is 2. The topological polar surface area (TPSA) is 18.5 Å². The summed E-state index contributed by atoms with van der Waals surface area (Å²) in [7, 11) is 0. The molecule has 0 saturated carbocycles. The Balaban J connectivity index is 1.73. The third kappa shape index (κ3) is 4.04. The molecule has 0 aliphatic heterocycles. The lowest BCUT2D eigenvalue weighted by molar-refractivity contribution is 0.217. The van der Waals surface area contributed by atoms with Crippen LogP contribution >= 0.6 is 15.9 Å². The van der Waals surface area contributed by atoms with Crippen LogP contribution in [0.25, 0.3) is 0 Å². The SMILES string of the molecule is Fc1ccc(OCCOc2ccc(Br)cc2)cc1. The van der Waals surface area contributed by atoms with Crippen LogP contribution in [0.5, 0.6) is 11.5 Å². The minimum absolute atomic E-state index is 0.270. The molecule has 0 aliphatic rings. The van der Waals surface area contributed by atoms with Gasteiger partial charge in [0.25, 0.3) is 0 Å². The highest BCUT2D eigenvalue weighted by atomic mass is 79.9. The van der Waals surface area contributed by atoms with Crippen molar-refractivity contribution in [1.29, 1.82) is 0 Å². The van der Waals surface area contributed by atoms with Gasteiger partial charge in [0, 0.05) is 4.47 Å². The monoisotopic (exact) mass is 310 g/mol. The predicted molar refractivity (Wildman–Crippen MR) is 71.5 cm³/mol. The van der Waals surface area contributed by atoms with Crippen LogP contribution in [0, 0.1) is 5.82 Å². The first-order valence-electron chi connectivity index (χ1n) is 5.51. The molecule has 2 aromatic rings. The highest BCUT2D eigenvalue weighted by Gasteiger charge is 1.96. The lowest BCUT2D eigenvalue weighted by Crippen LogP contribution is -2.08. The van der Waals surface area contributed by atoms with Crippen molar-refractivity contribution in [1.82, 2.24) is 0 Å². The smallest absolute Gasteiger partial charge is 0.123 e. The molecule has 2 nitrogen and oxygen atoms in total. The van der Waals surface area contributed by atoms with Crippen molar-refractivity contribution >= 4 is 15.9 Å². The molecule has 0 aromatic heterocycles. The number of rotatable bonds is 5.